The lowest BCUT2D eigenvalue weighted by Crippen LogP contribution is -2.29. The van der Waals surface area contributed by atoms with Crippen molar-refractivity contribution >= 4 is 23.2 Å². The number of carbonyl (C=O) groups is 3. The molecule has 154 valence electrons. The zero-order valence-corrected chi connectivity index (χ0v) is 17.5. The van der Waals surface area contributed by atoms with E-state index in [9.17, 15) is 14.4 Å². The van der Waals surface area contributed by atoms with Crippen molar-refractivity contribution in [3.63, 3.8) is 0 Å². The predicted molar refractivity (Wildman–Crippen MR) is 111 cm³/mol. The van der Waals surface area contributed by atoms with Crippen LogP contribution in [0.3, 0.4) is 0 Å². The molecule has 1 unspecified atom stereocenters. The van der Waals surface area contributed by atoms with E-state index < -0.39 is 23.5 Å². The standard InChI is InChI=1S/C23H27NO5/c1-6-28-23(27)22(26)16(4)21(25)17-10-11-20(15(3)12-17)29-13-18-14(2)8-7-9-19(18)24-5/h7-12,16,24H,6,13H2,1-5H3. The van der Waals surface area contributed by atoms with E-state index in [1.807, 2.05) is 39.1 Å². The van der Waals surface area contributed by atoms with Gasteiger partial charge in [0, 0.05) is 23.9 Å². The summed E-state index contributed by atoms with van der Waals surface area (Å²) in [6.07, 6.45) is 0. The van der Waals surface area contributed by atoms with E-state index in [4.69, 9.17) is 9.47 Å². The first-order valence-electron chi connectivity index (χ1n) is 9.55. The molecule has 0 radical (unpaired) electrons. The quantitative estimate of drug-likeness (QED) is 0.299. The molecule has 29 heavy (non-hydrogen) atoms. The number of hydrogen-bond donors (Lipinski definition) is 1. The molecule has 0 aromatic heterocycles. The second-order valence-corrected chi connectivity index (χ2v) is 6.79. The summed E-state index contributed by atoms with van der Waals surface area (Å²) in [5.74, 6) is -2.69. The summed E-state index contributed by atoms with van der Waals surface area (Å²) in [5, 5.41) is 3.16. The van der Waals surface area contributed by atoms with Crippen molar-refractivity contribution in [2.24, 2.45) is 5.92 Å². The monoisotopic (exact) mass is 397 g/mol. The van der Waals surface area contributed by atoms with Gasteiger partial charge in [0.2, 0.25) is 0 Å². The maximum atomic E-state index is 12.6. The Labute approximate surface area is 171 Å². The average Bonchev–Trinajstić information content (AvgIpc) is 2.71. The van der Waals surface area contributed by atoms with Crippen LogP contribution in [0.25, 0.3) is 0 Å². The van der Waals surface area contributed by atoms with Gasteiger partial charge in [-0.05, 0) is 63.1 Å². The number of Topliss-reactive ketones (excluding diaryl/α,β-unsaturated/α-hetero) is 2. The maximum absolute atomic E-state index is 12.6. The minimum absolute atomic E-state index is 0.0901. The Balaban J connectivity index is 2.13. The van der Waals surface area contributed by atoms with E-state index in [-0.39, 0.29) is 6.61 Å². The number of ether oxygens (including phenoxy) is 2. The lowest BCUT2D eigenvalue weighted by atomic mass is 9.94. The molecule has 0 spiro atoms. The van der Waals surface area contributed by atoms with Gasteiger partial charge in [0.1, 0.15) is 12.4 Å². The minimum atomic E-state index is -1.09. The van der Waals surface area contributed by atoms with Gasteiger partial charge in [-0.25, -0.2) is 4.79 Å². The zero-order valence-electron chi connectivity index (χ0n) is 17.5. The van der Waals surface area contributed by atoms with Crippen molar-refractivity contribution in [2.75, 3.05) is 19.0 Å². The largest absolute Gasteiger partial charge is 0.489 e. The molecule has 0 bridgehead atoms. The van der Waals surface area contributed by atoms with Gasteiger partial charge in [0.15, 0.2) is 5.78 Å². The summed E-state index contributed by atoms with van der Waals surface area (Å²) in [6, 6.07) is 11.0. The Morgan fingerprint density at radius 3 is 2.41 bits per heavy atom. The molecule has 6 nitrogen and oxygen atoms in total. The summed E-state index contributed by atoms with van der Waals surface area (Å²) < 4.78 is 10.7. The fraction of sp³-hybridized carbons (Fsp3) is 0.348. The van der Waals surface area contributed by atoms with Crippen molar-refractivity contribution in [1.82, 2.24) is 0 Å². The first kappa shape index (κ1) is 22.1. The Morgan fingerprint density at radius 2 is 1.79 bits per heavy atom. The van der Waals surface area contributed by atoms with Gasteiger partial charge < -0.3 is 14.8 Å². The van der Waals surface area contributed by atoms with E-state index in [1.54, 1.807) is 25.1 Å². The van der Waals surface area contributed by atoms with Gasteiger partial charge in [0.05, 0.1) is 12.5 Å². The third-order valence-electron chi connectivity index (χ3n) is 4.77. The molecule has 0 aliphatic rings. The van der Waals surface area contributed by atoms with E-state index >= 15 is 0 Å². The molecule has 2 rings (SSSR count). The molecular weight excluding hydrogens is 370 g/mol. The highest BCUT2D eigenvalue weighted by atomic mass is 16.5. The fourth-order valence-electron chi connectivity index (χ4n) is 2.99. The van der Waals surface area contributed by atoms with E-state index in [1.165, 1.54) is 6.92 Å². The van der Waals surface area contributed by atoms with Crippen LogP contribution in [0.5, 0.6) is 5.75 Å². The van der Waals surface area contributed by atoms with Gasteiger partial charge in [-0.2, -0.15) is 0 Å². The first-order valence-corrected chi connectivity index (χ1v) is 9.55. The van der Waals surface area contributed by atoms with Crippen LogP contribution in [0.2, 0.25) is 0 Å². The SMILES string of the molecule is CCOC(=O)C(=O)C(C)C(=O)c1ccc(OCc2c(C)cccc2NC)c(C)c1. The summed E-state index contributed by atoms with van der Waals surface area (Å²) >= 11 is 0. The molecule has 0 heterocycles. The van der Waals surface area contributed by atoms with E-state index in [2.05, 4.69) is 5.32 Å². The van der Waals surface area contributed by atoms with Crippen LogP contribution >= 0.6 is 0 Å². The molecule has 0 amide bonds. The van der Waals surface area contributed by atoms with Crippen LogP contribution in [0.1, 0.15) is 40.9 Å². The van der Waals surface area contributed by atoms with E-state index in [0.717, 1.165) is 22.4 Å². The summed E-state index contributed by atoms with van der Waals surface area (Å²) in [7, 11) is 1.86. The number of anilines is 1. The highest BCUT2D eigenvalue weighted by molar-refractivity contribution is 6.39. The van der Waals surface area contributed by atoms with Crippen LogP contribution in [-0.2, 0) is 20.9 Å². The molecule has 0 saturated heterocycles. The molecule has 6 heteroatoms. The Bertz CT molecular complexity index is 919. The van der Waals surface area contributed by atoms with Crippen LogP contribution in [0, 0.1) is 19.8 Å². The molecule has 0 fully saturated rings. The predicted octanol–water partition coefficient (Wildman–Crippen LogP) is 3.88. The van der Waals surface area contributed by atoms with E-state index in [0.29, 0.717) is 17.9 Å². The minimum Gasteiger partial charge on any atom is -0.489 e. The highest BCUT2D eigenvalue weighted by Gasteiger charge is 2.29. The fourth-order valence-corrected chi connectivity index (χ4v) is 2.99. The lowest BCUT2D eigenvalue weighted by molar-refractivity contribution is -0.154. The summed E-state index contributed by atoms with van der Waals surface area (Å²) in [5.41, 5.74) is 4.30. The average molecular weight is 397 g/mol. The van der Waals surface area contributed by atoms with Gasteiger partial charge in [-0.1, -0.05) is 12.1 Å². The molecule has 1 N–H and O–H groups in total. The zero-order chi connectivity index (χ0) is 21.6. The third-order valence-corrected chi connectivity index (χ3v) is 4.77. The molecular formula is C23H27NO5. The van der Waals surface area contributed by atoms with Crippen molar-refractivity contribution in [3.05, 3.63) is 58.7 Å². The first-order chi connectivity index (χ1) is 13.8. The smallest absolute Gasteiger partial charge is 0.375 e. The number of nitrogens with one attached hydrogen (secondary N) is 1. The number of ketones is 2. The van der Waals surface area contributed by atoms with Crippen molar-refractivity contribution < 1.29 is 23.9 Å². The van der Waals surface area contributed by atoms with Crippen molar-refractivity contribution in [2.45, 2.75) is 34.3 Å². The number of aryl methyl sites for hydroxylation is 2. The molecule has 0 aliphatic heterocycles. The van der Waals surface area contributed by atoms with Gasteiger partial charge in [0.25, 0.3) is 5.78 Å². The Hall–Kier alpha value is -3.15. The second kappa shape index (κ2) is 9.87. The maximum Gasteiger partial charge on any atom is 0.375 e. The number of rotatable bonds is 9. The molecule has 1 atom stereocenters. The van der Waals surface area contributed by atoms with Crippen molar-refractivity contribution in [1.29, 1.82) is 0 Å². The van der Waals surface area contributed by atoms with Gasteiger partial charge >= 0.3 is 5.97 Å². The summed E-state index contributed by atoms with van der Waals surface area (Å²) in [6.45, 7) is 7.35. The topological polar surface area (TPSA) is 81.7 Å². The van der Waals surface area contributed by atoms with Gasteiger partial charge in [-0.15, -0.1) is 0 Å². The second-order valence-electron chi connectivity index (χ2n) is 6.79. The van der Waals surface area contributed by atoms with Crippen molar-refractivity contribution in [3.8, 4) is 5.75 Å². The van der Waals surface area contributed by atoms with Crippen LogP contribution in [-0.4, -0.2) is 31.2 Å². The molecule has 0 saturated carbocycles. The van der Waals surface area contributed by atoms with Crippen LogP contribution < -0.4 is 10.1 Å². The van der Waals surface area contributed by atoms with Crippen LogP contribution in [0.15, 0.2) is 36.4 Å². The molecule has 2 aromatic rings. The normalized spacial score (nSPS) is 11.5. The highest BCUT2D eigenvalue weighted by Crippen LogP contribution is 2.25. The Morgan fingerprint density at radius 1 is 1.07 bits per heavy atom. The summed E-state index contributed by atoms with van der Waals surface area (Å²) in [4.78, 5) is 36.2. The van der Waals surface area contributed by atoms with Crippen LogP contribution in [0.4, 0.5) is 5.69 Å². The number of carbonyl (C=O) groups excluding carboxylic acids is 3. The number of esters is 1. The third kappa shape index (κ3) is 5.22. The number of hydrogen-bond acceptors (Lipinski definition) is 6. The molecule has 2 aromatic carbocycles. The lowest BCUT2D eigenvalue weighted by Gasteiger charge is -2.15. The Kier molecular flexibility index (Phi) is 7.53. The number of benzene rings is 2. The molecule has 0 aliphatic carbocycles. The van der Waals surface area contributed by atoms with Gasteiger partial charge in [-0.3, -0.25) is 9.59 Å².